The van der Waals surface area contributed by atoms with Crippen LogP contribution in [0.4, 0.5) is 0 Å². The van der Waals surface area contributed by atoms with Gasteiger partial charge in [0.1, 0.15) is 0 Å². The highest BCUT2D eigenvalue weighted by atomic mass is 32.2. The predicted molar refractivity (Wildman–Crippen MR) is 130 cm³/mol. The maximum absolute atomic E-state index is 13.4. The van der Waals surface area contributed by atoms with Crippen LogP contribution in [0.5, 0.6) is 0 Å². The third-order valence-electron chi connectivity index (χ3n) is 5.95. The molecule has 3 aromatic rings. The average molecular weight is 485 g/mol. The van der Waals surface area contributed by atoms with E-state index in [1.165, 1.54) is 6.26 Å². The van der Waals surface area contributed by atoms with Gasteiger partial charge >= 0.3 is 0 Å². The highest BCUT2D eigenvalue weighted by molar-refractivity contribution is 7.92. The standard InChI is InChI=1S/C25H28N2O4S2/c1-18(2)27-24(17-26-25(27)33(30,31)22-12-5-4-6-13-22)21-11-7-9-19(15-21)20-10-8-14-23(16-20)32(3,28)29/h4-16,18,24-26H,17H2,1-3H3. The molecule has 1 saturated heterocycles. The van der Waals surface area contributed by atoms with Gasteiger partial charge in [-0.1, -0.05) is 48.5 Å². The van der Waals surface area contributed by atoms with Crippen LogP contribution in [-0.2, 0) is 19.7 Å². The van der Waals surface area contributed by atoms with E-state index in [2.05, 4.69) is 5.32 Å². The first-order valence-electron chi connectivity index (χ1n) is 10.8. The molecule has 0 spiro atoms. The lowest BCUT2D eigenvalue weighted by atomic mass is 9.99. The van der Waals surface area contributed by atoms with Crippen molar-refractivity contribution in [2.45, 2.75) is 41.2 Å². The Hall–Kier alpha value is -2.52. The molecule has 8 heteroatoms. The first-order valence-corrected chi connectivity index (χ1v) is 14.2. The maximum atomic E-state index is 13.4. The van der Waals surface area contributed by atoms with E-state index in [-0.39, 0.29) is 17.0 Å². The Kier molecular flexibility index (Phi) is 6.46. The van der Waals surface area contributed by atoms with Gasteiger partial charge in [-0.25, -0.2) is 16.8 Å². The molecule has 1 aliphatic heterocycles. The van der Waals surface area contributed by atoms with Gasteiger partial charge in [0.2, 0.25) is 9.84 Å². The Morgan fingerprint density at radius 2 is 1.42 bits per heavy atom. The smallest absolute Gasteiger partial charge is 0.208 e. The molecule has 33 heavy (non-hydrogen) atoms. The highest BCUT2D eigenvalue weighted by Gasteiger charge is 2.43. The van der Waals surface area contributed by atoms with Gasteiger partial charge in [0.25, 0.3) is 0 Å². The first kappa shape index (κ1) is 23.6. The molecule has 1 N–H and O–H groups in total. The molecule has 0 aromatic heterocycles. The van der Waals surface area contributed by atoms with Crippen LogP contribution in [0.15, 0.2) is 88.7 Å². The summed E-state index contributed by atoms with van der Waals surface area (Å²) in [5.74, 6) is 0. The minimum atomic E-state index is -3.61. The Labute approximate surface area is 196 Å². The fourth-order valence-electron chi connectivity index (χ4n) is 4.35. The van der Waals surface area contributed by atoms with Gasteiger partial charge in [-0.15, -0.1) is 0 Å². The van der Waals surface area contributed by atoms with E-state index in [1.54, 1.807) is 48.5 Å². The minimum absolute atomic E-state index is 0.0225. The van der Waals surface area contributed by atoms with Crippen LogP contribution in [0.25, 0.3) is 11.1 Å². The fourth-order valence-corrected chi connectivity index (χ4v) is 6.84. The van der Waals surface area contributed by atoms with Gasteiger partial charge in [0.15, 0.2) is 15.3 Å². The Morgan fingerprint density at radius 1 is 0.818 bits per heavy atom. The molecule has 0 saturated carbocycles. The molecule has 2 unspecified atom stereocenters. The number of rotatable bonds is 6. The lowest BCUT2D eigenvalue weighted by Gasteiger charge is -2.32. The van der Waals surface area contributed by atoms with Crippen LogP contribution in [0.1, 0.15) is 25.5 Å². The summed E-state index contributed by atoms with van der Waals surface area (Å²) in [6.07, 6.45) is 1.20. The SMILES string of the molecule is CC(C)N1C(c2cccc(-c3cccc(S(C)(=O)=O)c3)c2)CNC1S(=O)(=O)c1ccccc1. The largest absolute Gasteiger partial charge is 0.287 e. The van der Waals surface area contributed by atoms with E-state index in [4.69, 9.17) is 0 Å². The number of hydrogen-bond donors (Lipinski definition) is 1. The monoisotopic (exact) mass is 484 g/mol. The number of benzene rings is 3. The summed E-state index contributed by atoms with van der Waals surface area (Å²) in [5.41, 5.74) is 1.83. The van der Waals surface area contributed by atoms with Gasteiger partial charge in [-0.2, -0.15) is 0 Å². The first-order chi connectivity index (χ1) is 15.6. The summed E-state index contributed by atoms with van der Waals surface area (Å²) in [6, 6.07) is 23.1. The minimum Gasteiger partial charge on any atom is -0.287 e. The van der Waals surface area contributed by atoms with Crippen LogP contribution in [-0.4, -0.2) is 46.1 Å². The van der Waals surface area contributed by atoms with Crippen molar-refractivity contribution in [1.29, 1.82) is 0 Å². The summed E-state index contributed by atoms with van der Waals surface area (Å²) >= 11 is 0. The van der Waals surface area contributed by atoms with Crippen LogP contribution in [0, 0.1) is 0 Å². The number of hydrogen-bond acceptors (Lipinski definition) is 6. The van der Waals surface area contributed by atoms with Crippen LogP contribution >= 0.6 is 0 Å². The molecule has 174 valence electrons. The lowest BCUT2D eigenvalue weighted by Crippen LogP contribution is -2.46. The number of nitrogens with one attached hydrogen (secondary N) is 1. The Bertz CT molecular complexity index is 1350. The topological polar surface area (TPSA) is 83.6 Å². The third kappa shape index (κ3) is 4.75. The van der Waals surface area contributed by atoms with Crippen molar-refractivity contribution in [1.82, 2.24) is 10.2 Å². The Morgan fingerprint density at radius 3 is 2.06 bits per heavy atom. The lowest BCUT2D eigenvalue weighted by molar-refractivity contribution is 0.185. The summed E-state index contributed by atoms with van der Waals surface area (Å²) in [7, 11) is -6.92. The van der Waals surface area contributed by atoms with Crippen LogP contribution in [0.2, 0.25) is 0 Å². The molecule has 1 fully saturated rings. The third-order valence-corrected chi connectivity index (χ3v) is 8.98. The molecule has 0 radical (unpaired) electrons. The molecule has 1 aliphatic rings. The van der Waals surface area contributed by atoms with Gasteiger partial charge < -0.3 is 0 Å². The van der Waals surface area contributed by atoms with Crippen molar-refractivity contribution >= 4 is 19.7 Å². The highest BCUT2D eigenvalue weighted by Crippen LogP contribution is 2.35. The molecule has 0 bridgehead atoms. The van der Waals surface area contributed by atoms with Crippen molar-refractivity contribution < 1.29 is 16.8 Å². The van der Waals surface area contributed by atoms with Crippen LogP contribution in [0.3, 0.4) is 0 Å². The van der Waals surface area contributed by atoms with Crippen molar-refractivity contribution in [2.75, 3.05) is 12.8 Å². The van der Waals surface area contributed by atoms with E-state index in [0.29, 0.717) is 11.4 Å². The zero-order chi connectivity index (χ0) is 23.8. The predicted octanol–water partition coefficient (Wildman–Crippen LogP) is 3.87. The molecular weight excluding hydrogens is 456 g/mol. The van der Waals surface area contributed by atoms with Gasteiger partial charge in [-0.05, 0) is 60.9 Å². The molecule has 1 heterocycles. The molecule has 3 aromatic carbocycles. The van der Waals surface area contributed by atoms with Crippen LogP contribution < -0.4 is 5.32 Å². The van der Waals surface area contributed by atoms with E-state index in [9.17, 15) is 16.8 Å². The average Bonchev–Trinajstić information content (AvgIpc) is 3.26. The van der Waals surface area contributed by atoms with E-state index in [0.717, 1.165) is 16.7 Å². The van der Waals surface area contributed by atoms with Crippen molar-refractivity contribution in [3.8, 4) is 11.1 Å². The van der Waals surface area contributed by atoms with Gasteiger partial charge in [0.05, 0.1) is 15.8 Å². The summed E-state index contributed by atoms with van der Waals surface area (Å²) in [6.45, 7) is 4.47. The quantitative estimate of drug-likeness (QED) is 0.572. The summed E-state index contributed by atoms with van der Waals surface area (Å²) < 4.78 is 50.7. The van der Waals surface area contributed by atoms with Crippen molar-refractivity contribution in [2.24, 2.45) is 0 Å². The van der Waals surface area contributed by atoms with E-state index >= 15 is 0 Å². The van der Waals surface area contributed by atoms with Crippen molar-refractivity contribution in [3.63, 3.8) is 0 Å². The second-order valence-corrected chi connectivity index (χ2v) is 12.6. The second-order valence-electron chi connectivity index (χ2n) is 8.60. The van der Waals surface area contributed by atoms with E-state index < -0.39 is 25.2 Å². The number of sulfone groups is 2. The fraction of sp³-hybridized carbons (Fsp3) is 0.280. The maximum Gasteiger partial charge on any atom is 0.208 e. The number of nitrogens with zero attached hydrogens (tertiary/aromatic N) is 1. The van der Waals surface area contributed by atoms with Gasteiger partial charge in [0, 0.05) is 18.8 Å². The Balaban J connectivity index is 1.70. The summed E-state index contributed by atoms with van der Waals surface area (Å²) in [4.78, 5) is 2.56. The molecule has 2 atom stereocenters. The van der Waals surface area contributed by atoms with Gasteiger partial charge in [-0.3, -0.25) is 10.2 Å². The zero-order valence-corrected chi connectivity index (χ0v) is 20.5. The molecule has 6 nitrogen and oxygen atoms in total. The second kappa shape index (κ2) is 9.02. The summed E-state index contributed by atoms with van der Waals surface area (Å²) in [5, 5.41) is 3.22. The molecule has 0 amide bonds. The molecule has 0 aliphatic carbocycles. The molecular formula is C25H28N2O4S2. The molecule has 4 rings (SSSR count). The normalized spacial score (nSPS) is 19.8. The van der Waals surface area contributed by atoms with Crippen molar-refractivity contribution in [3.05, 3.63) is 84.4 Å². The zero-order valence-electron chi connectivity index (χ0n) is 18.8. The van der Waals surface area contributed by atoms with E-state index in [1.807, 2.05) is 49.1 Å².